The predicted octanol–water partition coefficient (Wildman–Crippen LogP) is 4.27. The number of hydrogen-bond acceptors (Lipinski definition) is 0. The minimum absolute atomic E-state index is 0.258. The molecule has 1 heteroatoms. The third-order valence-corrected chi connectivity index (χ3v) is 5.03. The van der Waals surface area contributed by atoms with Crippen LogP contribution in [0.1, 0.15) is 31.4 Å². The van der Waals surface area contributed by atoms with Crippen molar-refractivity contribution in [1.82, 2.24) is 0 Å². The molecule has 0 aromatic heterocycles. The molecule has 2 aromatic rings. The molecule has 0 saturated heterocycles. The lowest BCUT2D eigenvalue weighted by Crippen LogP contribution is -2.41. The van der Waals surface area contributed by atoms with Crippen molar-refractivity contribution in [1.29, 1.82) is 0 Å². The smallest absolute Gasteiger partial charge is 0.167 e. The van der Waals surface area contributed by atoms with Crippen LogP contribution in [0.3, 0.4) is 0 Å². The second kappa shape index (κ2) is 5.85. The molecule has 2 atom stereocenters. The van der Waals surface area contributed by atoms with Gasteiger partial charge in [0, 0.05) is 23.3 Å². The Balaban J connectivity index is 1.79. The SMILES string of the molecule is CC1C[N+](Cc2ccccc2)=CCC1(C)c1ccccc1. The van der Waals surface area contributed by atoms with Gasteiger partial charge < -0.3 is 0 Å². The second-order valence-electron chi connectivity index (χ2n) is 6.49. The molecule has 2 unspecified atom stereocenters. The Bertz CT molecular complexity index is 615. The van der Waals surface area contributed by atoms with E-state index in [1.165, 1.54) is 11.1 Å². The molecule has 0 radical (unpaired) electrons. The van der Waals surface area contributed by atoms with Crippen LogP contribution in [0, 0.1) is 5.92 Å². The third-order valence-electron chi connectivity index (χ3n) is 5.03. The summed E-state index contributed by atoms with van der Waals surface area (Å²) in [5.41, 5.74) is 3.12. The normalized spacial score (nSPS) is 25.4. The van der Waals surface area contributed by atoms with Gasteiger partial charge in [0.15, 0.2) is 6.54 Å². The summed E-state index contributed by atoms with van der Waals surface area (Å²) >= 11 is 0. The van der Waals surface area contributed by atoms with Crippen molar-refractivity contribution >= 4 is 6.21 Å². The first-order chi connectivity index (χ1) is 10.2. The van der Waals surface area contributed by atoms with Gasteiger partial charge in [-0.1, -0.05) is 74.5 Å². The summed E-state index contributed by atoms with van der Waals surface area (Å²) in [6, 6.07) is 21.7. The molecule has 1 heterocycles. The fourth-order valence-corrected chi connectivity index (χ4v) is 3.32. The van der Waals surface area contributed by atoms with Gasteiger partial charge in [0.25, 0.3) is 0 Å². The van der Waals surface area contributed by atoms with Crippen molar-refractivity contribution in [3.05, 3.63) is 71.8 Å². The number of benzene rings is 2. The topological polar surface area (TPSA) is 3.01 Å². The number of hydrogen-bond donors (Lipinski definition) is 0. The van der Waals surface area contributed by atoms with Gasteiger partial charge in [-0.3, -0.25) is 0 Å². The molecule has 0 aliphatic carbocycles. The Labute approximate surface area is 128 Å². The Morgan fingerprint density at radius 3 is 2.24 bits per heavy atom. The molecular weight excluding hydrogens is 254 g/mol. The summed E-state index contributed by atoms with van der Waals surface area (Å²) in [5.74, 6) is 0.647. The minimum Gasteiger partial charge on any atom is -0.235 e. The van der Waals surface area contributed by atoms with Crippen molar-refractivity contribution in [2.45, 2.75) is 32.2 Å². The van der Waals surface area contributed by atoms with Crippen LogP contribution in [0.4, 0.5) is 0 Å². The highest BCUT2D eigenvalue weighted by molar-refractivity contribution is 5.56. The van der Waals surface area contributed by atoms with Crippen molar-refractivity contribution in [2.24, 2.45) is 5.92 Å². The lowest BCUT2D eigenvalue weighted by Gasteiger charge is -2.36. The van der Waals surface area contributed by atoms with Crippen molar-refractivity contribution in [2.75, 3.05) is 6.54 Å². The molecule has 0 saturated carbocycles. The maximum Gasteiger partial charge on any atom is 0.167 e. The summed E-state index contributed by atoms with van der Waals surface area (Å²) in [6.45, 7) is 6.94. The molecule has 1 aliphatic rings. The molecule has 0 amide bonds. The van der Waals surface area contributed by atoms with Crippen LogP contribution in [0.25, 0.3) is 0 Å². The number of nitrogens with zero attached hydrogens (tertiary/aromatic N) is 1. The van der Waals surface area contributed by atoms with Crippen LogP contribution >= 0.6 is 0 Å². The van der Waals surface area contributed by atoms with Crippen LogP contribution in [0.5, 0.6) is 0 Å². The van der Waals surface area contributed by atoms with Gasteiger partial charge in [0.05, 0.1) is 0 Å². The van der Waals surface area contributed by atoms with E-state index in [9.17, 15) is 0 Å². The van der Waals surface area contributed by atoms with Gasteiger partial charge in [-0.2, -0.15) is 0 Å². The molecule has 21 heavy (non-hydrogen) atoms. The van der Waals surface area contributed by atoms with Gasteiger partial charge in [-0.15, -0.1) is 0 Å². The van der Waals surface area contributed by atoms with E-state index in [0.29, 0.717) is 5.92 Å². The zero-order valence-corrected chi connectivity index (χ0v) is 13.0. The van der Waals surface area contributed by atoms with E-state index < -0.39 is 0 Å². The Morgan fingerprint density at radius 2 is 1.62 bits per heavy atom. The van der Waals surface area contributed by atoms with Crippen LogP contribution in [0.15, 0.2) is 60.7 Å². The molecule has 0 fully saturated rings. The molecule has 3 rings (SSSR count). The van der Waals surface area contributed by atoms with Gasteiger partial charge in [0.2, 0.25) is 0 Å². The third kappa shape index (κ3) is 2.92. The van der Waals surface area contributed by atoms with Crippen LogP contribution < -0.4 is 0 Å². The van der Waals surface area contributed by atoms with Gasteiger partial charge in [0.1, 0.15) is 12.8 Å². The molecule has 2 aromatic carbocycles. The molecule has 1 aliphatic heterocycles. The number of rotatable bonds is 3. The summed E-state index contributed by atoms with van der Waals surface area (Å²) in [4.78, 5) is 0. The van der Waals surface area contributed by atoms with Gasteiger partial charge in [-0.05, 0) is 5.56 Å². The quantitative estimate of drug-likeness (QED) is 0.738. The first-order valence-corrected chi connectivity index (χ1v) is 7.85. The van der Waals surface area contributed by atoms with E-state index in [4.69, 9.17) is 0 Å². The van der Waals surface area contributed by atoms with E-state index >= 15 is 0 Å². The highest BCUT2D eigenvalue weighted by atomic mass is 15.0. The van der Waals surface area contributed by atoms with Crippen molar-refractivity contribution < 1.29 is 4.58 Å². The molecule has 1 nitrogen and oxygen atoms in total. The van der Waals surface area contributed by atoms with E-state index in [1.807, 2.05) is 0 Å². The standard InChI is InChI=1S/C20H24N/c1-17-15-21(16-18-9-5-3-6-10-18)14-13-20(17,2)19-11-7-4-8-12-19/h3-12,14,17H,13,15-16H2,1-2H3/q+1. The first kappa shape index (κ1) is 14.1. The predicted molar refractivity (Wildman–Crippen MR) is 88.9 cm³/mol. The van der Waals surface area contributed by atoms with E-state index in [2.05, 4.69) is 85.3 Å². The van der Waals surface area contributed by atoms with Crippen molar-refractivity contribution in [3.63, 3.8) is 0 Å². The fourth-order valence-electron chi connectivity index (χ4n) is 3.32. The molecular formula is C20H24N+. The highest BCUT2D eigenvalue weighted by Crippen LogP contribution is 2.37. The lowest BCUT2D eigenvalue weighted by atomic mass is 9.69. The van der Waals surface area contributed by atoms with Crippen LogP contribution in [-0.2, 0) is 12.0 Å². The highest BCUT2D eigenvalue weighted by Gasteiger charge is 2.38. The second-order valence-corrected chi connectivity index (χ2v) is 6.49. The molecule has 0 spiro atoms. The van der Waals surface area contributed by atoms with E-state index in [-0.39, 0.29) is 5.41 Å². The van der Waals surface area contributed by atoms with Crippen molar-refractivity contribution in [3.8, 4) is 0 Å². The molecule has 0 bridgehead atoms. The Kier molecular flexibility index (Phi) is 3.92. The summed E-state index contributed by atoms with van der Waals surface area (Å²) < 4.78 is 2.48. The zero-order valence-electron chi connectivity index (χ0n) is 13.0. The fraction of sp³-hybridized carbons (Fsp3) is 0.350. The van der Waals surface area contributed by atoms with Crippen LogP contribution in [-0.4, -0.2) is 17.3 Å². The largest absolute Gasteiger partial charge is 0.235 e. The summed E-state index contributed by atoms with van der Waals surface area (Å²) in [5, 5.41) is 0. The maximum absolute atomic E-state index is 2.48. The van der Waals surface area contributed by atoms with Gasteiger partial charge in [-0.25, -0.2) is 4.58 Å². The average Bonchev–Trinajstić information content (AvgIpc) is 2.53. The Morgan fingerprint density at radius 1 is 1.00 bits per heavy atom. The summed E-state index contributed by atoms with van der Waals surface area (Å²) in [6.07, 6.45) is 3.52. The van der Waals surface area contributed by atoms with Gasteiger partial charge >= 0.3 is 0 Å². The van der Waals surface area contributed by atoms with Crippen LogP contribution in [0.2, 0.25) is 0 Å². The van der Waals surface area contributed by atoms with E-state index in [1.54, 1.807) is 0 Å². The Hall–Kier alpha value is -1.89. The summed E-state index contributed by atoms with van der Waals surface area (Å²) in [7, 11) is 0. The first-order valence-electron chi connectivity index (χ1n) is 7.85. The molecule has 108 valence electrons. The molecule has 0 N–H and O–H groups in total. The monoisotopic (exact) mass is 278 g/mol. The minimum atomic E-state index is 0.258. The lowest BCUT2D eigenvalue weighted by molar-refractivity contribution is -0.553. The zero-order chi connectivity index (χ0) is 14.7. The maximum atomic E-state index is 2.48. The average molecular weight is 278 g/mol. The van der Waals surface area contributed by atoms with E-state index in [0.717, 1.165) is 19.5 Å².